The molecule has 13 heteroatoms. The van der Waals surface area contributed by atoms with E-state index >= 15 is 0 Å². The van der Waals surface area contributed by atoms with Crippen molar-refractivity contribution in [3.63, 3.8) is 0 Å². The van der Waals surface area contributed by atoms with Gasteiger partial charge in [0.05, 0.1) is 49.0 Å². The Morgan fingerprint density at radius 3 is 2.97 bits per heavy atom. The lowest BCUT2D eigenvalue weighted by Crippen LogP contribution is -2.48. The molecule has 2 saturated heterocycles. The van der Waals surface area contributed by atoms with Crippen molar-refractivity contribution in [1.82, 2.24) is 34.5 Å². The van der Waals surface area contributed by atoms with E-state index in [2.05, 4.69) is 25.7 Å². The van der Waals surface area contributed by atoms with Gasteiger partial charge in [-0.1, -0.05) is 11.3 Å². The van der Waals surface area contributed by atoms with Crippen molar-refractivity contribution in [3.05, 3.63) is 30.5 Å². The number of alkyl halides is 3. The van der Waals surface area contributed by atoms with Crippen LogP contribution in [0.1, 0.15) is 4.11 Å². The first-order chi connectivity index (χ1) is 18.1. The number of fused-ring (bicyclic) bond motifs is 2. The number of nitrogens with zero attached hydrogens (tertiary/aromatic N) is 7. The van der Waals surface area contributed by atoms with Crippen molar-refractivity contribution >= 4 is 22.5 Å². The van der Waals surface area contributed by atoms with Crippen LogP contribution in [0.3, 0.4) is 0 Å². The Hall–Kier alpha value is -3.45. The van der Waals surface area contributed by atoms with E-state index < -0.39 is 32.2 Å². The van der Waals surface area contributed by atoms with E-state index in [1.807, 2.05) is 0 Å². The Labute approximate surface area is 201 Å². The Kier molecular flexibility index (Phi) is 4.49. The molecule has 0 saturated carbocycles. The van der Waals surface area contributed by atoms with Crippen LogP contribution in [-0.4, -0.2) is 92.5 Å². The quantitative estimate of drug-likeness (QED) is 0.421. The molecule has 4 aromatic rings. The van der Waals surface area contributed by atoms with Gasteiger partial charge in [-0.15, -0.1) is 10.2 Å². The van der Waals surface area contributed by atoms with Gasteiger partial charge in [-0.05, 0) is 23.8 Å². The fourth-order valence-electron chi connectivity index (χ4n) is 4.57. The lowest BCUT2D eigenvalue weighted by Gasteiger charge is -2.34. The predicted molar refractivity (Wildman–Crippen MR) is 121 cm³/mol. The summed E-state index contributed by atoms with van der Waals surface area (Å²) in [6, 6.07) is 5.51. The summed E-state index contributed by atoms with van der Waals surface area (Å²) in [4.78, 5) is 5.85. The average Bonchev–Trinajstić information content (AvgIpc) is 3.47. The van der Waals surface area contributed by atoms with Crippen LogP contribution in [0.5, 0.6) is 5.88 Å². The summed E-state index contributed by atoms with van der Waals surface area (Å²) in [5, 5.41) is 15.0. The van der Waals surface area contributed by atoms with Crippen LogP contribution < -0.4 is 10.1 Å². The van der Waals surface area contributed by atoms with Crippen LogP contribution >= 0.6 is 0 Å². The molecule has 0 bridgehead atoms. The third-order valence-electron chi connectivity index (χ3n) is 6.48. The zero-order chi connectivity index (χ0) is 26.7. The van der Waals surface area contributed by atoms with Gasteiger partial charge in [-0.25, -0.2) is 22.4 Å². The van der Waals surface area contributed by atoms with Gasteiger partial charge in [0.25, 0.3) is 5.92 Å². The van der Waals surface area contributed by atoms with Gasteiger partial charge < -0.3 is 14.8 Å². The highest BCUT2D eigenvalue weighted by atomic mass is 19.3. The summed E-state index contributed by atoms with van der Waals surface area (Å²) in [6.45, 7) is -0.156. The molecule has 5 heterocycles. The summed E-state index contributed by atoms with van der Waals surface area (Å²) in [5.74, 6) is -3.56. The van der Waals surface area contributed by atoms with Crippen molar-refractivity contribution in [2.24, 2.45) is 0 Å². The fraction of sp³-hybridized carbons (Fsp3) is 0.455. The van der Waals surface area contributed by atoms with Crippen molar-refractivity contribution in [3.8, 4) is 17.0 Å². The van der Waals surface area contributed by atoms with E-state index in [1.54, 1.807) is 35.4 Å². The molecule has 1 unspecified atom stereocenters. The standard InChI is InChI=1S/C22H23F3N8O2/c1-34-20-19-15(13-2-3-16-17(8-13)32(7-5-23)30-28-16)4-6-33(19)29-21(27-20)26-18-9-31(12-22(18,24)25)14-10-35-11-14/h2-4,6,8,14,18H,5,7,9-12H2,1H3,(H,26,29)/i1D3. The topological polar surface area (TPSA) is 94.6 Å². The number of hydrogen-bond donors (Lipinski definition) is 1. The first-order valence-corrected chi connectivity index (χ1v) is 11.1. The Bertz CT molecular complexity index is 1490. The van der Waals surface area contributed by atoms with E-state index in [1.165, 1.54) is 9.20 Å². The van der Waals surface area contributed by atoms with Gasteiger partial charge in [0.15, 0.2) is 0 Å². The number of anilines is 1. The van der Waals surface area contributed by atoms with E-state index in [0.717, 1.165) is 0 Å². The predicted octanol–water partition coefficient (Wildman–Crippen LogP) is 2.25. The fourth-order valence-corrected chi connectivity index (χ4v) is 4.57. The van der Waals surface area contributed by atoms with Crippen LogP contribution in [-0.2, 0) is 11.3 Å². The molecule has 35 heavy (non-hydrogen) atoms. The zero-order valence-electron chi connectivity index (χ0n) is 21.4. The maximum Gasteiger partial charge on any atom is 0.281 e. The zero-order valence-corrected chi connectivity index (χ0v) is 18.4. The summed E-state index contributed by atoms with van der Waals surface area (Å²) < 4.78 is 78.5. The van der Waals surface area contributed by atoms with Crippen LogP contribution in [0.25, 0.3) is 27.7 Å². The number of nitrogens with one attached hydrogen (secondary N) is 1. The second-order valence-electron chi connectivity index (χ2n) is 8.65. The monoisotopic (exact) mass is 491 g/mol. The molecule has 0 aliphatic carbocycles. The minimum Gasteiger partial charge on any atom is -0.479 e. The average molecular weight is 491 g/mol. The van der Waals surface area contributed by atoms with Gasteiger partial charge in [-0.2, -0.15) is 4.98 Å². The number of rotatable bonds is 7. The minimum absolute atomic E-state index is 0.0268. The number of halogens is 3. The SMILES string of the molecule is [2H]C([2H])([2H])Oc1nc(NC2CN(C3COC3)CC2(F)F)nn2ccc(-c3ccc4nnn(CCF)c4c3)c12. The minimum atomic E-state index is -3.06. The second-order valence-corrected chi connectivity index (χ2v) is 8.65. The van der Waals surface area contributed by atoms with Gasteiger partial charge in [-0.3, -0.25) is 4.90 Å². The number of ether oxygens (including phenoxy) is 2. The third kappa shape index (κ3) is 3.74. The molecule has 0 radical (unpaired) electrons. The molecule has 2 aliphatic heterocycles. The van der Waals surface area contributed by atoms with E-state index in [-0.39, 0.29) is 36.5 Å². The number of methoxy groups -OCH3 is 1. The summed E-state index contributed by atoms with van der Waals surface area (Å²) >= 11 is 0. The Morgan fingerprint density at radius 2 is 2.20 bits per heavy atom. The lowest BCUT2D eigenvalue weighted by molar-refractivity contribution is -0.0711. The molecular formula is C22H23F3N8O2. The first-order valence-electron chi connectivity index (χ1n) is 12.6. The third-order valence-corrected chi connectivity index (χ3v) is 6.48. The maximum atomic E-state index is 14.8. The normalized spacial score (nSPS) is 22.1. The molecule has 1 aromatic carbocycles. The maximum absolute atomic E-state index is 14.8. The summed E-state index contributed by atoms with van der Waals surface area (Å²) in [6.07, 6.45) is 1.55. The highest BCUT2D eigenvalue weighted by molar-refractivity contribution is 5.89. The highest BCUT2D eigenvalue weighted by Gasteiger charge is 2.51. The molecule has 6 rings (SSSR count). The van der Waals surface area contributed by atoms with Gasteiger partial charge in [0.1, 0.15) is 23.7 Å². The van der Waals surface area contributed by atoms with E-state index in [9.17, 15) is 13.2 Å². The van der Waals surface area contributed by atoms with Gasteiger partial charge in [0.2, 0.25) is 11.8 Å². The summed E-state index contributed by atoms with van der Waals surface area (Å²) in [7, 11) is -2.86. The molecule has 1 N–H and O–H groups in total. The molecule has 184 valence electrons. The van der Waals surface area contributed by atoms with Crippen molar-refractivity contribution in [2.75, 3.05) is 45.3 Å². The van der Waals surface area contributed by atoms with Crippen LogP contribution in [0.15, 0.2) is 30.5 Å². The molecule has 10 nitrogen and oxygen atoms in total. The largest absolute Gasteiger partial charge is 0.479 e. The number of benzene rings is 1. The molecule has 0 amide bonds. The van der Waals surface area contributed by atoms with Crippen molar-refractivity contribution in [1.29, 1.82) is 0 Å². The number of hydrogen-bond acceptors (Lipinski definition) is 8. The molecule has 2 fully saturated rings. The molecule has 1 atom stereocenters. The molecule has 2 aliphatic rings. The van der Waals surface area contributed by atoms with Gasteiger partial charge >= 0.3 is 0 Å². The number of likely N-dealkylation sites (tertiary alicyclic amines) is 1. The van der Waals surface area contributed by atoms with Crippen LogP contribution in [0, 0.1) is 0 Å². The Balaban J connectivity index is 1.38. The van der Waals surface area contributed by atoms with Gasteiger partial charge in [0, 0.05) is 18.3 Å². The summed E-state index contributed by atoms with van der Waals surface area (Å²) in [5.41, 5.74) is 2.52. The van der Waals surface area contributed by atoms with Crippen molar-refractivity contribution in [2.45, 2.75) is 24.6 Å². The highest BCUT2D eigenvalue weighted by Crippen LogP contribution is 2.35. The second kappa shape index (κ2) is 8.34. The van der Waals surface area contributed by atoms with E-state index in [0.29, 0.717) is 35.4 Å². The molecular weight excluding hydrogens is 465 g/mol. The number of aromatic nitrogens is 6. The number of aryl methyl sites for hydroxylation is 1. The smallest absolute Gasteiger partial charge is 0.281 e. The van der Waals surface area contributed by atoms with Crippen molar-refractivity contribution < 1.29 is 26.8 Å². The lowest BCUT2D eigenvalue weighted by atomic mass is 10.1. The molecule has 0 spiro atoms. The van der Waals surface area contributed by atoms with E-state index in [4.69, 9.17) is 13.6 Å². The van der Waals surface area contributed by atoms with Crippen LogP contribution in [0.4, 0.5) is 19.1 Å². The van der Waals surface area contributed by atoms with Crippen LogP contribution in [0.2, 0.25) is 0 Å². The first kappa shape index (κ1) is 18.8. The Morgan fingerprint density at radius 1 is 1.31 bits per heavy atom. The molecule has 3 aromatic heterocycles.